The van der Waals surface area contributed by atoms with Gasteiger partial charge >= 0.3 is 0 Å². The van der Waals surface area contributed by atoms with Crippen LogP contribution in [0.4, 0.5) is 10.1 Å². The fourth-order valence-corrected chi connectivity index (χ4v) is 3.70. The van der Waals surface area contributed by atoms with E-state index in [1.165, 1.54) is 6.07 Å². The van der Waals surface area contributed by atoms with E-state index in [0.717, 1.165) is 38.7 Å². The van der Waals surface area contributed by atoms with Crippen molar-refractivity contribution in [3.8, 4) is 0 Å². The fraction of sp³-hybridized carbons (Fsp3) is 0.632. The third kappa shape index (κ3) is 5.69. The number of hydrogen-bond donors (Lipinski definition) is 1. The minimum absolute atomic E-state index is 0.175. The first-order valence-electron chi connectivity index (χ1n) is 9.24. The molecule has 2 rings (SSSR count). The van der Waals surface area contributed by atoms with Gasteiger partial charge in [-0.05, 0) is 39.8 Å². The summed E-state index contributed by atoms with van der Waals surface area (Å²) in [6.07, 6.45) is 0. The van der Waals surface area contributed by atoms with E-state index in [-0.39, 0.29) is 10.6 Å². The molecule has 0 aromatic heterocycles. The second kappa shape index (κ2) is 9.35. The van der Waals surface area contributed by atoms with E-state index in [9.17, 15) is 8.60 Å². The number of para-hydroxylation sites is 1. The van der Waals surface area contributed by atoms with Crippen LogP contribution in [0.5, 0.6) is 0 Å². The van der Waals surface area contributed by atoms with E-state index < -0.39 is 10.8 Å². The number of halogens is 1. The van der Waals surface area contributed by atoms with Crippen molar-refractivity contribution in [1.29, 1.82) is 0 Å². The molecule has 0 radical (unpaired) electrons. The van der Waals surface area contributed by atoms with Crippen LogP contribution in [0.2, 0.25) is 0 Å². The summed E-state index contributed by atoms with van der Waals surface area (Å²) < 4.78 is 25.9. The molecule has 7 heteroatoms. The molecule has 1 heterocycles. The zero-order chi connectivity index (χ0) is 19.2. The van der Waals surface area contributed by atoms with Crippen LogP contribution < -0.4 is 10.2 Å². The SMILES string of the molecule is CCNC(=NCCS(=O)C(C)(C)C)N1CCN(c2ccccc2F)CC1. The maximum atomic E-state index is 14.0. The summed E-state index contributed by atoms with van der Waals surface area (Å²) in [5.41, 5.74) is 0.662. The van der Waals surface area contributed by atoms with Gasteiger partial charge in [0.2, 0.25) is 0 Å². The van der Waals surface area contributed by atoms with Crippen molar-refractivity contribution in [2.24, 2.45) is 4.99 Å². The molecule has 5 nitrogen and oxygen atoms in total. The molecule has 0 amide bonds. The molecule has 1 N–H and O–H groups in total. The minimum Gasteiger partial charge on any atom is -0.366 e. The lowest BCUT2D eigenvalue weighted by Crippen LogP contribution is -2.52. The maximum Gasteiger partial charge on any atom is 0.194 e. The van der Waals surface area contributed by atoms with Crippen LogP contribution in [0.3, 0.4) is 0 Å². The average Bonchev–Trinajstić information content (AvgIpc) is 2.61. The summed E-state index contributed by atoms with van der Waals surface area (Å²) in [6, 6.07) is 6.91. The summed E-state index contributed by atoms with van der Waals surface area (Å²) in [5, 5.41) is 3.32. The third-order valence-corrected chi connectivity index (χ3v) is 6.25. The molecule has 1 aromatic rings. The Kier molecular flexibility index (Phi) is 7.43. The predicted molar refractivity (Wildman–Crippen MR) is 109 cm³/mol. The zero-order valence-electron chi connectivity index (χ0n) is 16.3. The van der Waals surface area contributed by atoms with Gasteiger partial charge in [-0.25, -0.2) is 4.39 Å². The lowest BCUT2D eigenvalue weighted by molar-refractivity contribution is 0.371. The Bertz CT molecular complexity index is 637. The number of aliphatic imine (C=N–C) groups is 1. The van der Waals surface area contributed by atoms with E-state index in [1.54, 1.807) is 6.07 Å². The van der Waals surface area contributed by atoms with Crippen LogP contribution in [0.1, 0.15) is 27.7 Å². The number of piperazine rings is 1. The summed E-state index contributed by atoms with van der Waals surface area (Å²) >= 11 is 0. The molecule has 26 heavy (non-hydrogen) atoms. The average molecular weight is 383 g/mol. The van der Waals surface area contributed by atoms with E-state index >= 15 is 0 Å². The molecule has 1 unspecified atom stereocenters. The molecule has 1 atom stereocenters. The fourth-order valence-electron chi connectivity index (χ4n) is 2.83. The largest absolute Gasteiger partial charge is 0.366 e. The van der Waals surface area contributed by atoms with Crippen molar-refractivity contribution >= 4 is 22.4 Å². The van der Waals surface area contributed by atoms with Crippen LogP contribution in [0.15, 0.2) is 29.3 Å². The molecule has 1 saturated heterocycles. The first kappa shape index (κ1) is 20.7. The van der Waals surface area contributed by atoms with Crippen LogP contribution >= 0.6 is 0 Å². The number of rotatable bonds is 5. The van der Waals surface area contributed by atoms with Crippen LogP contribution in [0.25, 0.3) is 0 Å². The Balaban J connectivity index is 1.94. The van der Waals surface area contributed by atoms with Gasteiger partial charge in [0.25, 0.3) is 0 Å². The Morgan fingerprint density at radius 3 is 2.46 bits per heavy atom. The van der Waals surface area contributed by atoms with Crippen LogP contribution in [-0.2, 0) is 10.8 Å². The number of guanidine groups is 1. The van der Waals surface area contributed by atoms with Gasteiger partial charge in [-0.15, -0.1) is 0 Å². The summed E-state index contributed by atoms with van der Waals surface area (Å²) in [6.45, 7) is 12.4. The summed E-state index contributed by atoms with van der Waals surface area (Å²) in [4.78, 5) is 8.92. The number of nitrogens with zero attached hydrogens (tertiary/aromatic N) is 3. The maximum absolute atomic E-state index is 14.0. The topological polar surface area (TPSA) is 47.9 Å². The van der Waals surface area contributed by atoms with E-state index in [0.29, 0.717) is 18.0 Å². The molecule has 1 aromatic carbocycles. The highest BCUT2D eigenvalue weighted by Crippen LogP contribution is 2.20. The van der Waals surface area contributed by atoms with Gasteiger partial charge in [0, 0.05) is 54.0 Å². The first-order valence-corrected chi connectivity index (χ1v) is 10.6. The van der Waals surface area contributed by atoms with Gasteiger partial charge in [-0.2, -0.15) is 0 Å². The molecule has 1 aliphatic rings. The van der Waals surface area contributed by atoms with Gasteiger partial charge < -0.3 is 15.1 Å². The molecule has 1 aliphatic heterocycles. The Morgan fingerprint density at radius 2 is 1.88 bits per heavy atom. The van der Waals surface area contributed by atoms with Gasteiger partial charge in [0.05, 0.1) is 12.2 Å². The molecular weight excluding hydrogens is 351 g/mol. The molecule has 0 bridgehead atoms. The highest BCUT2D eigenvalue weighted by Gasteiger charge is 2.22. The highest BCUT2D eigenvalue weighted by atomic mass is 32.2. The standard InChI is InChI=1S/C19H31FN4OS/c1-5-21-18(22-10-15-26(25)19(2,3)4)24-13-11-23(12-14-24)17-9-7-6-8-16(17)20/h6-9H,5,10-15H2,1-4H3,(H,21,22). The van der Waals surface area contributed by atoms with Crippen molar-refractivity contribution in [3.05, 3.63) is 30.1 Å². The Morgan fingerprint density at radius 1 is 1.23 bits per heavy atom. The van der Waals surface area contributed by atoms with Gasteiger partial charge in [-0.3, -0.25) is 9.20 Å². The molecular formula is C19H31FN4OS. The van der Waals surface area contributed by atoms with E-state index in [1.807, 2.05) is 39.8 Å². The molecule has 0 saturated carbocycles. The minimum atomic E-state index is -0.899. The van der Waals surface area contributed by atoms with Crippen molar-refractivity contribution in [2.45, 2.75) is 32.4 Å². The molecule has 0 spiro atoms. The normalized spacial score (nSPS) is 17.3. The van der Waals surface area contributed by atoms with E-state index in [2.05, 4.69) is 20.1 Å². The van der Waals surface area contributed by atoms with Crippen LogP contribution in [-0.4, -0.2) is 64.8 Å². The number of hydrogen-bond acceptors (Lipinski definition) is 3. The lowest BCUT2D eigenvalue weighted by atomic mass is 10.2. The third-order valence-electron chi connectivity index (χ3n) is 4.33. The summed E-state index contributed by atoms with van der Waals surface area (Å²) in [5.74, 6) is 1.24. The van der Waals surface area contributed by atoms with Crippen LogP contribution in [0, 0.1) is 5.82 Å². The highest BCUT2D eigenvalue weighted by molar-refractivity contribution is 7.86. The smallest absolute Gasteiger partial charge is 0.194 e. The van der Waals surface area contributed by atoms with Gasteiger partial charge in [0.15, 0.2) is 5.96 Å². The molecule has 0 aliphatic carbocycles. The van der Waals surface area contributed by atoms with Crippen molar-refractivity contribution in [3.63, 3.8) is 0 Å². The summed E-state index contributed by atoms with van der Waals surface area (Å²) in [7, 11) is -0.899. The van der Waals surface area contributed by atoms with Crippen molar-refractivity contribution < 1.29 is 8.60 Å². The lowest BCUT2D eigenvalue weighted by Gasteiger charge is -2.37. The Hall–Kier alpha value is -1.63. The number of benzene rings is 1. The number of nitrogens with one attached hydrogen (secondary N) is 1. The second-order valence-corrected chi connectivity index (χ2v) is 9.65. The number of anilines is 1. The second-order valence-electron chi connectivity index (χ2n) is 7.32. The predicted octanol–water partition coefficient (Wildman–Crippen LogP) is 2.46. The monoisotopic (exact) mass is 382 g/mol. The van der Waals surface area contributed by atoms with Crippen molar-refractivity contribution in [2.75, 3.05) is 49.9 Å². The van der Waals surface area contributed by atoms with Gasteiger partial charge in [0.1, 0.15) is 5.82 Å². The molecule has 1 fully saturated rings. The Labute approximate surface area is 159 Å². The van der Waals surface area contributed by atoms with E-state index in [4.69, 9.17) is 0 Å². The first-order chi connectivity index (χ1) is 12.3. The van der Waals surface area contributed by atoms with Crippen molar-refractivity contribution in [1.82, 2.24) is 10.2 Å². The van der Waals surface area contributed by atoms with Gasteiger partial charge in [-0.1, -0.05) is 12.1 Å². The molecule has 146 valence electrons. The quantitative estimate of drug-likeness (QED) is 0.628. The zero-order valence-corrected chi connectivity index (χ0v) is 17.1.